The van der Waals surface area contributed by atoms with E-state index in [1.54, 1.807) is 12.1 Å². The van der Waals surface area contributed by atoms with E-state index in [-0.39, 0.29) is 36.4 Å². The zero-order chi connectivity index (χ0) is 23.5. The van der Waals surface area contributed by atoms with E-state index in [0.717, 1.165) is 4.90 Å². The molecule has 0 aliphatic carbocycles. The van der Waals surface area contributed by atoms with Crippen LogP contribution in [0, 0.1) is 10.1 Å². The van der Waals surface area contributed by atoms with Crippen LogP contribution >= 0.6 is 0 Å². The van der Waals surface area contributed by atoms with Gasteiger partial charge in [-0.15, -0.1) is 0 Å². The van der Waals surface area contributed by atoms with Crippen LogP contribution in [0.4, 0.5) is 0 Å². The van der Waals surface area contributed by atoms with Crippen molar-refractivity contribution in [3.8, 4) is 0 Å². The van der Waals surface area contributed by atoms with E-state index >= 15 is 0 Å². The van der Waals surface area contributed by atoms with Crippen LogP contribution in [-0.2, 0) is 31.1 Å². The van der Waals surface area contributed by atoms with Crippen LogP contribution < -0.4 is 0 Å². The second-order valence-electron chi connectivity index (χ2n) is 6.85. The Balaban J connectivity index is 2.03. The van der Waals surface area contributed by atoms with Crippen molar-refractivity contribution in [2.75, 3.05) is 13.2 Å². The Morgan fingerprint density at radius 2 is 1.47 bits per heavy atom. The third kappa shape index (κ3) is 3.59. The summed E-state index contributed by atoms with van der Waals surface area (Å²) >= 11 is 0. The minimum atomic E-state index is -2.94. The highest BCUT2D eigenvalue weighted by Crippen LogP contribution is 2.31. The van der Waals surface area contributed by atoms with Gasteiger partial charge in [0.25, 0.3) is 11.8 Å². The van der Waals surface area contributed by atoms with Crippen molar-refractivity contribution in [1.82, 2.24) is 4.90 Å². The van der Waals surface area contributed by atoms with Crippen LogP contribution in [0.25, 0.3) is 0 Å². The molecule has 1 aliphatic heterocycles. The molecule has 0 N–H and O–H groups in total. The van der Waals surface area contributed by atoms with Gasteiger partial charge in [0.05, 0.1) is 41.4 Å². The second-order valence-corrected chi connectivity index (χ2v) is 6.85. The third-order valence-electron chi connectivity index (χ3n) is 4.98. The molecule has 2 amide bonds. The molecule has 2 aromatic rings. The smallest absolute Gasteiger partial charge is 0.435 e. The van der Waals surface area contributed by atoms with Crippen LogP contribution in [0.5, 0.6) is 0 Å². The summed E-state index contributed by atoms with van der Waals surface area (Å²) in [5.41, 5.74) is -2.42. The Kier molecular flexibility index (Phi) is 6.33. The van der Waals surface area contributed by atoms with Crippen LogP contribution in [0.2, 0.25) is 0 Å². The van der Waals surface area contributed by atoms with E-state index < -0.39 is 34.2 Å². The second kappa shape index (κ2) is 8.96. The van der Waals surface area contributed by atoms with Gasteiger partial charge in [-0.2, -0.15) is 0 Å². The summed E-state index contributed by atoms with van der Waals surface area (Å²) in [6.45, 7) is 2.31. The quantitative estimate of drug-likeness (QED) is 0.200. The summed E-state index contributed by atoms with van der Waals surface area (Å²) in [4.78, 5) is 62.6. The lowest BCUT2D eigenvalue weighted by molar-refractivity contribution is -0.549. The van der Waals surface area contributed by atoms with Crippen molar-refractivity contribution in [2.45, 2.75) is 25.9 Å². The molecule has 1 aliphatic rings. The van der Waals surface area contributed by atoms with Crippen LogP contribution in [-0.4, -0.2) is 46.8 Å². The van der Waals surface area contributed by atoms with Crippen molar-refractivity contribution in [3.63, 3.8) is 0 Å². The first-order valence-electron chi connectivity index (χ1n) is 9.82. The molecule has 166 valence electrons. The number of ether oxygens (including phenoxy) is 2. The molecule has 0 fully saturated rings. The fraction of sp³-hybridized carbons (Fsp3) is 0.273. The lowest BCUT2D eigenvalue weighted by Crippen LogP contribution is -2.52. The van der Waals surface area contributed by atoms with E-state index in [1.807, 2.05) is 0 Å². The van der Waals surface area contributed by atoms with Gasteiger partial charge in [-0.05, 0) is 37.6 Å². The summed E-state index contributed by atoms with van der Waals surface area (Å²) in [6.07, 6.45) is 0. The molecule has 10 nitrogen and oxygen atoms in total. The first-order valence-corrected chi connectivity index (χ1v) is 9.82. The maximum Gasteiger partial charge on any atom is 0.435 e. The van der Waals surface area contributed by atoms with Crippen molar-refractivity contribution in [2.24, 2.45) is 0 Å². The number of amides is 2. The highest BCUT2D eigenvalue weighted by molar-refractivity contribution is 6.21. The molecule has 0 saturated carbocycles. The van der Waals surface area contributed by atoms with Gasteiger partial charge in [0.2, 0.25) is 0 Å². The van der Waals surface area contributed by atoms with Crippen molar-refractivity contribution in [3.05, 3.63) is 80.9 Å². The van der Waals surface area contributed by atoms with Gasteiger partial charge in [0.15, 0.2) is 0 Å². The first kappa shape index (κ1) is 22.6. The topological polar surface area (TPSA) is 133 Å². The van der Waals surface area contributed by atoms with Crippen LogP contribution in [0.15, 0.2) is 48.5 Å². The number of benzene rings is 2. The predicted molar refractivity (Wildman–Crippen MR) is 109 cm³/mol. The number of hydrogen-bond acceptors (Lipinski definition) is 8. The number of carbonyl (C=O) groups is 4. The molecular weight excluding hydrogens is 420 g/mol. The summed E-state index contributed by atoms with van der Waals surface area (Å²) in [5.74, 6) is -3.79. The molecule has 0 unspecified atom stereocenters. The summed E-state index contributed by atoms with van der Waals surface area (Å²) < 4.78 is 9.68. The van der Waals surface area contributed by atoms with Gasteiger partial charge in [0, 0.05) is 0 Å². The number of hydrogen-bond donors (Lipinski definition) is 0. The molecule has 0 radical (unpaired) electrons. The van der Waals surface area contributed by atoms with Crippen LogP contribution in [0.3, 0.4) is 0 Å². The average Bonchev–Trinajstić information content (AvgIpc) is 3.00. The van der Waals surface area contributed by atoms with E-state index in [2.05, 4.69) is 0 Å². The molecule has 0 saturated heterocycles. The Hall–Kier alpha value is -4.08. The Morgan fingerprint density at radius 3 is 1.94 bits per heavy atom. The number of imide groups is 1. The number of esters is 2. The van der Waals surface area contributed by atoms with Gasteiger partial charge < -0.3 is 9.47 Å². The van der Waals surface area contributed by atoms with E-state index in [4.69, 9.17) is 9.47 Å². The first-order chi connectivity index (χ1) is 15.3. The van der Waals surface area contributed by atoms with E-state index in [9.17, 15) is 29.3 Å². The van der Waals surface area contributed by atoms with Gasteiger partial charge in [-0.1, -0.05) is 30.3 Å². The predicted octanol–water partition coefficient (Wildman–Crippen LogP) is 2.08. The molecule has 10 heteroatoms. The largest absolute Gasteiger partial charge is 0.460 e. The molecule has 3 rings (SSSR count). The zero-order valence-corrected chi connectivity index (χ0v) is 17.4. The molecule has 0 spiro atoms. The van der Waals surface area contributed by atoms with Crippen molar-refractivity contribution >= 4 is 23.8 Å². The maximum atomic E-state index is 12.6. The number of carbonyl (C=O) groups excluding carboxylic acids is 4. The average molecular weight is 440 g/mol. The Bertz CT molecular complexity index is 1060. The Morgan fingerprint density at radius 1 is 0.938 bits per heavy atom. The Labute approximate surface area is 182 Å². The number of nitro groups is 1. The van der Waals surface area contributed by atoms with Gasteiger partial charge in [0.1, 0.15) is 0 Å². The third-order valence-corrected chi connectivity index (χ3v) is 4.98. The zero-order valence-electron chi connectivity index (χ0n) is 17.4. The fourth-order valence-corrected chi connectivity index (χ4v) is 3.50. The maximum absolute atomic E-state index is 12.6. The lowest BCUT2D eigenvalue weighted by atomic mass is 9.89. The SMILES string of the molecule is CCOC(=O)C(C(=O)OCC)(c1cccc(CN2C(=O)c3ccccc3C2=O)c1)[N+](=O)[O-]. The van der Waals surface area contributed by atoms with Crippen molar-refractivity contribution < 1.29 is 33.6 Å². The molecule has 0 aromatic heterocycles. The van der Waals surface area contributed by atoms with Gasteiger partial charge in [-0.25, -0.2) is 9.59 Å². The molecule has 1 heterocycles. The van der Waals surface area contributed by atoms with Crippen molar-refractivity contribution in [1.29, 1.82) is 0 Å². The monoisotopic (exact) mass is 440 g/mol. The van der Waals surface area contributed by atoms with Crippen LogP contribution in [0.1, 0.15) is 45.7 Å². The van der Waals surface area contributed by atoms with E-state index in [0.29, 0.717) is 5.56 Å². The summed E-state index contributed by atoms with van der Waals surface area (Å²) in [5, 5.41) is 12.0. The van der Waals surface area contributed by atoms with Gasteiger partial charge in [-0.3, -0.25) is 24.6 Å². The minimum absolute atomic E-state index is 0.192. The van der Waals surface area contributed by atoms with E-state index in [1.165, 1.54) is 50.2 Å². The number of fused-ring (bicyclic) bond motifs is 1. The normalized spacial score (nSPS) is 13.0. The molecule has 0 atom stereocenters. The highest BCUT2D eigenvalue weighted by atomic mass is 16.7. The molecular formula is C22H20N2O8. The summed E-state index contributed by atoms with van der Waals surface area (Å²) in [7, 11) is 0. The standard InChI is InChI=1S/C22H20N2O8/c1-3-31-20(27)22(24(29)30,21(28)32-4-2)15-9-7-8-14(12-15)13-23-18(25)16-10-5-6-11-17(16)19(23)26/h5-12H,3-4,13H2,1-2H3. The minimum Gasteiger partial charge on any atom is -0.460 e. The molecule has 0 bridgehead atoms. The highest BCUT2D eigenvalue weighted by Gasteiger charge is 2.63. The number of nitrogens with zero attached hydrogens (tertiary/aromatic N) is 2. The summed E-state index contributed by atoms with van der Waals surface area (Å²) in [6, 6.07) is 11.7. The number of rotatable bonds is 8. The van der Waals surface area contributed by atoms with Gasteiger partial charge >= 0.3 is 17.5 Å². The fourth-order valence-electron chi connectivity index (χ4n) is 3.50. The molecule has 2 aromatic carbocycles. The lowest BCUT2D eigenvalue weighted by Gasteiger charge is -2.22. The molecule has 32 heavy (non-hydrogen) atoms.